The average Bonchev–Trinajstić information content (AvgIpc) is 2.94. The van der Waals surface area contributed by atoms with E-state index in [0.29, 0.717) is 11.8 Å². The van der Waals surface area contributed by atoms with Crippen molar-refractivity contribution in [3.63, 3.8) is 0 Å². The SMILES string of the molecule is C[C@H]1CCCCN1C(=O)CSc1nnc(-c2ccccc2)n1C. The van der Waals surface area contributed by atoms with Crippen LogP contribution in [-0.4, -0.2) is 43.9 Å². The lowest BCUT2D eigenvalue weighted by molar-refractivity contribution is -0.131. The van der Waals surface area contributed by atoms with Crippen molar-refractivity contribution < 1.29 is 4.79 Å². The number of amides is 1. The molecule has 1 aliphatic heterocycles. The Hall–Kier alpha value is -1.82. The molecule has 1 aliphatic rings. The largest absolute Gasteiger partial charge is 0.339 e. The number of hydrogen-bond donors (Lipinski definition) is 0. The molecule has 1 saturated heterocycles. The number of aromatic nitrogens is 3. The van der Waals surface area contributed by atoms with Crippen molar-refractivity contribution in [2.24, 2.45) is 7.05 Å². The van der Waals surface area contributed by atoms with Gasteiger partial charge >= 0.3 is 0 Å². The van der Waals surface area contributed by atoms with Gasteiger partial charge in [-0.15, -0.1) is 10.2 Å². The van der Waals surface area contributed by atoms with Crippen LogP contribution in [0.1, 0.15) is 26.2 Å². The lowest BCUT2D eigenvalue weighted by Gasteiger charge is -2.33. The van der Waals surface area contributed by atoms with Crippen LogP contribution in [0.2, 0.25) is 0 Å². The normalized spacial score (nSPS) is 18.2. The number of rotatable bonds is 4. The summed E-state index contributed by atoms with van der Waals surface area (Å²) in [5.41, 5.74) is 1.03. The summed E-state index contributed by atoms with van der Waals surface area (Å²) >= 11 is 1.46. The van der Waals surface area contributed by atoms with E-state index >= 15 is 0 Å². The summed E-state index contributed by atoms with van der Waals surface area (Å²) in [5.74, 6) is 1.45. The monoisotopic (exact) mass is 330 g/mol. The number of benzene rings is 1. The van der Waals surface area contributed by atoms with Crippen LogP contribution in [0.5, 0.6) is 0 Å². The Morgan fingerprint density at radius 3 is 2.78 bits per heavy atom. The second kappa shape index (κ2) is 7.17. The molecule has 23 heavy (non-hydrogen) atoms. The van der Waals surface area contributed by atoms with E-state index < -0.39 is 0 Å². The van der Waals surface area contributed by atoms with Gasteiger partial charge in [0, 0.05) is 25.2 Å². The lowest BCUT2D eigenvalue weighted by Crippen LogP contribution is -2.42. The number of nitrogens with zero attached hydrogens (tertiary/aromatic N) is 4. The fourth-order valence-electron chi connectivity index (χ4n) is 2.96. The Bertz CT molecular complexity index is 670. The number of thioether (sulfide) groups is 1. The summed E-state index contributed by atoms with van der Waals surface area (Å²) < 4.78 is 1.95. The summed E-state index contributed by atoms with van der Waals surface area (Å²) in [5, 5.41) is 9.27. The first kappa shape index (κ1) is 16.1. The first-order chi connectivity index (χ1) is 11.2. The number of likely N-dealkylation sites (tertiary alicyclic amines) is 1. The molecule has 0 saturated carbocycles. The minimum Gasteiger partial charge on any atom is -0.339 e. The highest BCUT2D eigenvalue weighted by molar-refractivity contribution is 7.99. The molecule has 2 aromatic rings. The molecular weight excluding hydrogens is 308 g/mol. The molecule has 3 rings (SSSR count). The van der Waals surface area contributed by atoms with Gasteiger partial charge in [-0.3, -0.25) is 4.79 Å². The zero-order valence-electron chi connectivity index (χ0n) is 13.6. The fourth-order valence-corrected chi connectivity index (χ4v) is 3.75. The Morgan fingerprint density at radius 1 is 1.26 bits per heavy atom. The molecule has 1 aromatic heterocycles. The van der Waals surface area contributed by atoms with Gasteiger partial charge in [0.1, 0.15) is 0 Å². The van der Waals surface area contributed by atoms with Crippen molar-refractivity contribution in [1.29, 1.82) is 0 Å². The van der Waals surface area contributed by atoms with Gasteiger partial charge < -0.3 is 9.47 Å². The van der Waals surface area contributed by atoms with E-state index in [1.54, 1.807) is 0 Å². The zero-order chi connectivity index (χ0) is 16.2. The Balaban J connectivity index is 1.65. The summed E-state index contributed by atoms with van der Waals surface area (Å²) in [6, 6.07) is 10.3. The molecule has 5 nitrogen and oxygen atoms in total. The molecule has 2 heterocycles. The molecule has 122 valence electrons. The van der Waals surface area contributed by atoms with Crippen LogP contribution in [0.3, 0.4) is 0 Å². The van der Waals surface area contributed by atoms with Crippen LogP contribution >= 0.6 is 11.8 Å². The molecule has 6 heteroatoms. The van der Waals surface area contributed by atoms with Gasteiger partial charge in [-0.1, -0.05) is 42.1 Å². The third-order valence-electron chi connectivity index (χ3n) is 4.31. The van der Waals surface area contributed by atoms with Crippen molar-refractivity contribution in [2.45, 2.75) is 37.4 Å². The zero-order valence-corrected chi connectivity index (χ0v) is 14.4. The van der Waals surface area contributed by atoms with Crippen LogP contribution in [0.25, 0.3) is 11.4 Å². The molecule has 0 unspecified atom stereocenters. The second-order valence-electron chi connectivity index (χ2n) is 5.95. The van der Waals surface area contributed by atoms with E-state index in [1.807, 2.05) is 46.8 Å². The standard InChI is InChI=1S/C17H22N4OS/c1-13-8-6-7-11-21(13)15(22)12-23-17-19-18-16(20(17)2)14-9-4-3-5-10-14/h3-5,9-10,13H,6-8,11-12H2,1-2H3/t13-/m0/s1. The summed E-state index contributed by atoms with van der Waals surface area (Å²) in [7, 11) is 1.94. The highest BCUT2D eigenvalue weighted by Gasteiger charge is 2.23. The molecule has 0 bridgehead atoms. The maximum atomic E-state index is 12.4. The number of carbonyl (C=O) groups excluding carboxylic acids is 1. The summed E-state index contributed by atoms with van der Waals surface area (Å²) in [6.45, 7) is 3.02. The predicted molar refractivity (Wildman–Crippen MR) is 92.2 cm³/mol. The third-order valence-corrected chi connectivity index (χ3v) is 5.32. The van der Waals surface area contributed by atoms with E-state index in [9.17, 15) is 4.79 Å². The molecular formula is C17H22N4OS. The lowest BCUT2D eigenvalue weighted by atomic mass is 10.0. The number of piperidine rings is 1. The second-order valence-corrected chi connectivity index (χ2v) is 6.89. The van der Waals surface area contributed by atoms with Crippen LogP contribution in [0, 0.1) is 0 Å². The molecule has 0 aliphatic carbocycles. The van der Waals surface area contributed by atoms with E-state index in [4.69, 9.17) is 0 Å². The summed E-state index contributed by atoms with van der Waals surface area (Å²) in [6.07, 6.45) is 3.45. The number of carbonyl (C=O) groups is 1. The molecule has 0 N–H and O–H groups in total. The fraction of sp³-hybridized carbons (Fsp3) is 0.471. The van der Waals surface area contributed by atoms with Crippen molar-refractivity contribution in [3.8, 4) is 11.4 Å². The van der Waals surface area contributed by atoms with Gasteiger partial charge in [0.15, 0.2) is 11.0 Å². The molecule has 0 spiro atoms. The van der Waals surface area contributed by atoms with Crippen molar-refractivity contribution >= 4 is 17.7 Å². The van der Waals surface area contributed by atoms with Gasteiger partial charge in [0.25, 0.3) is 0 Å². The van der Waals surface area contributed by atoms with E-state index in [1.165, 1.54) is 18.2 Å². The molecule has 1 aromatic carbocycles. The quantitative estimate of drug-likeness (QED) is 0.809. The smallest absolute Gasteiger partial charge is 0.233 e. The minimum absolute atomic E-state index is 0.200. The number of hydrogen-bond acceptors (Lipinski definition) is 4. The van der Waals surface area contributed by atoms with E-state index in [-0.39, 0.29) is 5.91 Å². The van der Waals surface area contributed by atoms with Crippen molar-refractivity contribution in [1.82, 2.24) is 19.7 Å². The third kappa shape index (κ3) is 3.58. The van der Waals surface area contributed by atoms with Gasteiger partial charge in [0.05, 0.1) is 5.75 Å². The van der Waals surface area contributed by atoms with Crippen LogP contribution in [0.4, 0.5) is 0 Å². The Kier molecular flexibility index (Phi) is 5.00. The minimum atomic E-state index is 0.200. The highest BCUT2D eigenvalue weighted by Crippen LogP contribution is 2.24. The molecule has 1 amide bonds. The van der Waals surface area contributed by atoms with Crippen molar-refractivity contribution in [2.75, 3.05) is 12.3 Å². The first-order valence-corrected chi connectivity index (χ1v) is 9.02. The first-order valence-electron chi connectivity index (χ1n) is 8.04. The Morgan fingerprint density at radius 2 is 2.04 bits per heavy atom. The van der Waals surface area contributed by atoms with E-state index in [0.717, 1.165) is 35.9 Å². The van der Waals surface area contributed by atoms with Gasteiger partial charge in [-0.05, 0) is 26.2 Å². The van der Waals surface area contributed by atoms with Gasteiger partial charge in [-0.25, -0.2) is 0 Å². The van der Waals surface area contributed by atoms with Gasteiger partial charge in [0.2, 0.25) is 5.91 Å². The van der Waals surface area contributed by atoms with Gasteiger partial charge in [-0.2, -0.15) is 0 Å². The average molecular weight is 330 g/mol. The molecule has 1 atom stereocenters. The maximum Gasteiger partial charge on any atom is 0.233 e. The van der Waals surface area contributed by atoms with Crippen LogP contribution in [-0.2, 0) is 11.8 Å². The van der Waals surface area contributed by atoms with Crippen LogP contribution < -0.4 is 0 Å². The molecule has 0 radical (unpaired) electrons. The topological polar surface area (TPSA) is 51.0 Å². The maximum absolute atomic E-state index is 12.4. The van der Waals surface area contributed by atoms with Crippen LogP contribution in [0.15, 0.2) is 35.5 Å². The van der Waals surface area contributed by atoms with Crippen molar-refractivity contribution in [3.05, 3.63) is 30.3 Å². The van der Waals surface area contributed by atoms with E-state index in [2.05, 4.69) is 17.1 Å². The highest BCUT2D eigenvalue weighted by atomic mass is 32.2. The predicted octanol–water partition coefficient (Wildman–Crippen LogP) is 2.98. The Labute approximate surface area is 141 Å². The summed E-state index contributed by atoms with van der Waals surface area (Å²) in [4.78, 5) is 14.4. The molecule has 1 fully saturated rings.